The van der Waals surface area contributed by atoms with Crippen LogP contribution in [0.3, 0.4) is 0 Å². The number of hydrogen-bond acceptors (Lipinski definition) is 1. The van der Waals surface area contributed by atoms with E-state index in [9.17, 15) is 0 Å². The molecule has 0 heterocycles. The molecule has 1 radical (unpaired) electrons. The lowest BCUT2D eigenvalue weighted by molar-refractivity contribution is 0.313. The molecule has 0 aromatic heterocycles. The fourth-order valence-corrected chi connectivity index (χ4v) is 0.601. The average molecular weight is 115 g/mol. The molecule has 1 N–H and O–H groups in total. The molecule has 8 heavy (non-hydrogen) atoms. The molecule has 0 aromatic rings. The monoisotopic (exact) mass is 115 g/mol. The lowest BCUT2D eigenvalue weighted by Crippen LogP contribution is -1.93. The molecule has 0 aliphatic heterocycles. The summed E-state index contributed by atoms with van der Waals surface area (Å²) in [4.78, 5) is 0. The minimum atomic E-state index is 0.384. The number of rotatable bonds is 4. The molecule has 1 heteroatoms. The quantitative estimate of drug-likeness (QED) is 0.596. The van der Waals surface area contributed by atoms with Crippen LogP contribution in [0.25, 0.3) is 0 Å². The van der Waals surface area contributed by atoms with E-state index in [-0.39, 0.29) is 0 Å². The zero-order valence-corrected chi connectivity index (χ0v) is 5.72. The van der Waals surface area contributed by atoms with Crippen LogP contribution in [0.5, 0.6) is 0 Å². The summed E-state index contributed by atoms with van der Waals surface area (Å²) in [5.41, 5.74) is 0. The molecular weight excluding hydrogens is 100 g/mol. The van der Waals surface area contributed by atoms with Crippen molar-refractivity contribution in [1.29, 1.82) is 0 Å². The van der Waals surface area contributed by atoms with Crippen molar-refractivity contribution in [1.82, 2.24) is 0 Å². The van der Waals surface area contributed by atoms with Gasteiger partial charge in [0.05, 0.1) is 6.61 Å². The van der Waals surface area contributed by atoms with Gasteiger partial charge in [0.25, 0.3) is 0 Å². The van der Waals surface area contributed by atoms with E-state index >= 15 is 0 Å². The number of aliphatic hydroxyl groups is 1. The SMILES string of the molecule is CCCCC(C)[CH]O. The predicted molar refractivity (Wildman–Crippen MR) is 34.9 cm³/mol. The zero-order valence-electron chi connectivity index (χ0n) is 5.72. The van der Waals surface area contributed by atoms with Crippen LogP contribution in [0, 0.1) is 12.5 Å². The molecule has 0 spiro atoms. The van der Waals surface area contributed by atoms with Crippen molar-refractivity contribution in [2.45, 2.75) is 33.1 Å². The molecule has 49 valence electrons. The summed E-state index contributed by atoms with van der Waals surface area (Å²) in [5.74, 6) is 0.384. The molecular formula is C7H15O. The molecule has 0 aliphatic rings. The third kappa shape index (κ3) is 4.13. The second kappa shape index (κ2) is 5.10. The number of aliphatic hydroxyl groups excluding tert-OH is 1. The smallest absolute Gasteiger partial charge is 0.0827 e. The van der Waals surface area contributed by atoms with Crippen LogP contribution in [0.2, 0.25) is 0 Å². The van der Waals surface area contributed by atoms with Crippen LogP contribution < -0.4 is 0 Å². The van der Waals surface area contributed by atoms with Crippen molar-refractivity contribution in [3.8, 4) is 0 Å². The van der Waals surface area contributed by atoms with Gasteiger partial charge in [0.15, 0.2) is 0 Å². The normalized spacial score (nSPS) is 13.9. The van der Waals surface area contributed by atoms with E-state index < -0.39 is 0 Å². The molecule has 0 aliphatic carbocycles. The number of unbranched alkanes of at least 4 members (excludes halogenated alkanes) is 1. The summed E-state index contributed by atoms with van der Waals surface area (Å²) in [6.07, 6.45) is 3.56. The van der Waals surface area contributed by atoms with Gasteiger partial charge in [-0.3, -0.25) is 0 Å². The predicted octanol–water partition coefficient (Wildman–Crippen LogP) is 2.35. The minimum absolute atomic E-state index is 0.384. The van der Waals surface area contributed by atoms with Gasteiger partial charge in [0.1, 0.15) is 0 Å². The maximum Gasteiger partial charge on any atom is 0.0827 e. The van der Waals surface area contributed by atoms with Gasteiger partial charge in [0.2, 0.25) is 0 Å². The van der Waals surface area contributed by atoms with Crippen molar-refractivity contribution < 1.29 is 5.11 Å². The van der Waals surface area contributed by atoms with Crippen LogP contribution in [0.4, 0.5) is 0 Å². The van der Waals surface area contributed by atoms with Gasteiger partial charge in [0, 0.05) is 0 Å². The van der Waals surface area contributed by atoms with Crippen molar-refractivity contribution in [3.63, 3.8) is 0 Å². The molecule has 0 rings (SSSR count). The fraction of sp³-hybridized carbons (Fsp3) is 0.857. The lowest BCUT2D eigenvalue weighted by Gasteiger charge is -2.02. The molecule has 0 amide bonds. The van der Waals surface area contributed by atoms with E-state index in [1.54, 1.807) is 0 Å². The highest BCUT2D eigenvalue weighted by atomic mass is 16.3. The van der Waals surface area contributed by atoms with Crippen molar-refractivity contribution in [2.75, 3.05) is 0 Å². The minimum Gasteiger partial charge on any atom is -0.390 e. The molecule has 1 unspecified atom stereocenters. The van der Waals surface area contributed by atoms with Gasteiger partial charge in [-0.1, -0.05) is 26.7 Å². The first-order valence-electron chi connectivity index (χ1n) is 3.28. The van der Waals surface area contributed by atoms with Gasteiger partial charge < -0.3 is 5.11 Å². The van der Waals surface area contributed by atoms with Crippen molar-refractivity contribution in [3.05, 3.63) is 6.61 Å². The molecule has 0 saturated heterocycles. The Morgan fingerprint density at radius 2 is 2.25 bits per heavy atom. The van der Waals surface area contributed by atoms with Crippen LogP contribution in [-0.2, 0) is 0 Å². The second-order valence-corrected chi connectivity index (χ2v) is 2.27. The Balaban J connectivity index is 2.86. The highest BCUT2D eigenvalue weighted by Crippen LogP contribution is 2.07. The Kier molecular flexibility index (Phi) is 5.08. The molecule has 0 fully saturated rings. The zero-order chi connectivity index (χ0) is 6.41. The van der Waals surface area contributed by atoms with E-state index in [4.69, 9.17) is 5.11 Å². The third-order valence-corrected chi connectivity index (χ3v) is 1.27. The third-order valence-electron chi connectivity index (χ3n) is 1.27. The Morgan fingerprint density at radius 3 is 2.62 bits per heavy atom. The van der Waals surface area contributed by atoms with E-state index in [0.717, 1.165) is 6.42 Å². The Bertz CT molecular complexity index is 43.7. The number of hydrogen-bond donors (Lipinski definition) is 1. The van der Waals surface area contributed by atoms with Gasteiger partial charge in [-0.15, -0.1) is 0 Å². The molecule has 1 nitrogen and oxygen atoms in total. The second-order valence-electron chi connectivity index (χ2n) is 2.27. The maximum absolute atomic E-state index is 8.44. The molecule has 1 atom stereocenters. The van der Waals surface area contributed by atoms with E-state index in [0.29, 0.717) is 5.92 Å². The van der Waals surface area contributed by atoms with Gasteiger partial charge in [-0.2, -0.15) is 0 Å². The Labute approximate surface area is 51.7 Å². The summed E-state index contributed by atoms with van der Waals surface area (Å²) in [7, 11) is 0. The molecule has 0 saturated carbocycles. The standard InChI is InChI=1S/C7H15O/c1-3-4-5-7(2)6-8/h6-8H,3-5H2,1-2H3. The first-order chi connectivity index (χ1) is 3.81. The summed E-state index contributed by atoms with van der Waals surface area (Å²) < 4.78 is 0. The fourth-order valence-electron chi connectivity index (χ4n) is 0.601. The highest BCUT2D eigenvalue weighted by molar-refractivity contribution is 4.58. The maximum atomic E-state index is 8.44. The summed E-state index contributed by atoms with van der Waals surface area (Å²) in [5, 5.41) is 8.44. The van der Waals surface area contributed by atoms with E-state index in [2.05, 4.69) is 6.92 Å². The van der Waals surface area contributed by atoms with Crippen molar-refractivity contribution >= 4 is 0 Å². The van der Waals surface area contributed by atoms with Crippen molar-refractivity contribution in [2.24, 2.45) is 5.92 Å². The van der Waals surface area contributed by atoms with Crippen LogP contribution in [-0.4, -0.2) is 5.11 Å². The first-order valence-corrected chi connectivity index (χ1v) is 3.28. The highest BCUT2D eigenvalue weighted by Gasteiger charge is 1.96. The van der Waals surface area contributed by atoms with E-state index in [1.807, 2.05) is 6.92 Å². The van der Waals surface area contributed by atoms with Gasteiger partial charge in [-0.25, -0.2) is 0 Å². The summed E-state index contributed by atoms with van der Waals surface area (Å²) in [6, 6.07) is 0. The topological polar surface area (TPSA) is 20.2 Å². The molecule has 0 aromatic carbocycles. The Hall–Kier alpha value is -0.0400. The van der Waals surface area contributed by atoms with Crippen LogP contribution in [0.1, 0.15) is 33.1 Å². The van der Waals surface area contributed by atoms with Gasteiger partial charge >= 0.3 is 0 Å². The van der Waals surface area contributed by atoms with Gasteiger partial charge in [-0.05, 0) is 12.3 Å². The summed E-state index contributed by atoms with van der Waals surface area (Å²) >= 11 is 0. The van der Waals surface area contributed by atoms with Crippen LogP contribution >= 0.6 is 0 Å². The lowest BCUT2D eigenvalue weighted by atomic mass is 10.1. The Morgan fingerprint density at radius 1 is 1.62 bits per heavy atom. The van der Waals surface area contributed by atoms with E-state index in [1.165, 1.54) is 19.4 Å². The average Bonchev–Trinajstić information content (AvgIpc) is 1.83. The van der Waals surface area contributed by atoms with Crippen LogP contribution in [0.15, 0.2) is 0 Å². The first kappa shape index (κ1) is 7.96. The molecule has 0 bridgehead atoms. The largest absolute Gasteiger partial charge is 0.390 e. The summed E-state index contributed by atoms with van der Waals surface area (Å²) in [6.45, 7) is 5.45.